The van der Waals surface area contributed by atoms with E-state index >= 15 is 0 Å². The molecule has 0 radical (unpaired) electrons. The average Bonchev–Trinajstić information content (AvgIpc) is 3.26. The molecule has 0 saturated heterocycles. The molecule has 1 aromatic heterocycles. The number of hydrogen-bond acceptors (Lipinski definition) is 3. The van der Waals surface area contributed by atoms with Crippen LogP contribution in [0.4, 0.5) is 34.1 Å². The minimum Gasteiger partial charge on any atom is -0.311 e. The molecular formula is C55H48BN3. The molecule has 2 aliphatic heterocycles. The van der Waals surface area contributed by atoms with Gasteiger partial charge in [0.1, 0.15) is 0 Å². The summed E-state index contributed by atoms with van der Waals surface area (Å²) in [5, 5.41) is 0. The second kappa shape index (κ2) is 14.0. The van der Waals surface area contributed by atoms with Crippen LogP contribution in [0.1, 0.15) is 52.7 Å². The second-order valence-corrected chi connectivity index (χ2v) is 18.1. The van der Waals surface area contributed by atoms with Gasteiger partial charge >= 0.3 is 0 Å². The summed E-state index contributed by atoms with van der Waals surface area (Å²) >= 11 is 0. The van der Waals surface area contributed by atoms with Crippen LogP contribution in [0.5, 0.6) is 0 Å². The Morgan fingerprint density at radius 3 is 1.22 bits per heavy atom. The van der Waals surface area contributed by atoms with Crippen molar-refractivity contribution >= 4 is 57.2 Å². The molecule has 8 aromatic rings. The van der Waals surface area contributed by atoms with Crippen LogP contribution >= 0.6 is 0 Å². The first kappa shape index (κ1) is 36.7. The first-order valence-corrected chi connectivity index (χ1v) is 20.8. The molecule has 0 N–H and O–H groups in total. The van der Waals surface area contributed by atoms with E-state index in [1.807, 2.05) is 12.3 Å². The molecule has 2 aliphatic rings. The number of fused-ring (bicyclic) bond motifs is 4. The Hall–Kier alpha value is -6.65. The third kappa shape index (κ3) is 6.44. The van der Waals surface area contributed by atoms with Crippen LogP contribution in [0.3, 0.4) is 0 Å². The first-order valence-electron chi connectivity index (χ1n) is 20.8. The zero-order valence-electron chi connectivity index (χ0n) is 34.7. The van der Waals surface area contributed by atoms with Crippen LogP contribution in [-0.2, 0) is 10.8 Å². The van der Waals surface area contributed by atoms with Crippen LogP contribution in [-0.4, -0.2) is 11.7 Å². The third-order valence-electron chi connectivity index (χ3n) is 12.2. The van der Waals surface area contributed by atoms with Gasteiger partial charge in [-0.3, -0.25) is 4.98 Å². The fraction of sp³-hybridized carbons (Fsp3) is 0.145. The van der Waals surface area contributed by atoms with Gasteiger partial charge in [0.25, 0.3) is 6.71 Å². The Morgan fingerprint density at radius 2 is 0.814 bits per heavy atom. The van der Waals surface area contributed by atoms with Gasteiger partial charge in [-0.1, -0.05) is 157 Å². The maximum Gasteiger partial charge on any atom is 0.252 e. The van der Waals surface area contributed by atoms with Gasteiger partial charge in [-0.05, 0) is 121 Å². The van der Waals surface area contributed by atoms with Crippen molar-refractivity contribution in [3.05, 3.63) is 193 Å². The average molecular weight is 762 g/mol. The number of anilines is 6. The molecule has 7 aromatic carbocycles. The maximum absolute atomic E-state index is 4.94. The molecule has 0 bridgehead atoms. The van der Waals surface area contributed by atoms with Crippen molar-refractivity contribution in [3.8, 4) is 33.5 Å². The van der Waals surface area contributed by atoms with Crippen molar-refractivity contribution in [2.75, 3.05) is 9.80 Å². The van der Waals surface area contributed by atoms with E-state index in [1.54, 1.807) is 0 Å². The van der Waals surface area contributed by atoms with Crippen molar-refractivity contribution in [2.45, 2.75) is 52.4 Å². The van der Waals surface area contributed by atoms with E-state index in [0.29, 0.717) is 0 Å². The molecule has 0 unspecified atom stereocenters. The van der Waals surface area contributed by atoms with E-state index in [0.717, 1.165) is 22.6 Å². The summed E-state index contributed by atoms with van der Waals surface area (Å²) < 4.78 is 0. The Labute approximate surface area is 349 Å². The first-order chi connectivity index (χ1) is 28.5. The van der Waals surface area contributed by atoms with E-state index in [-0.39, 0.29) is 17.5 Å². The SMILES string of the molecule is CC(C)(C)c1ccc(N2c3cc(-c4ccccc4)ccc3B3c4ccc(-c5ccccc5)cc4N(c4ccc(C(C)(C)C)cc4)c4cc(-c5ccccn5)cc2c43)cc1. The minimum atomic E-state index is -0.00683. The van der Waals surface area contributed by atoms with E-state index < -0.39 is 0 Å². The van der Waals surface area contributed by atoms with Gasteiger partial charge in [0.05, 0.1) is 5.69 Å². The Kier molecular flexibility index (Phi) is 8.72. The highest BCUT2D eigenvalue weighted by Gasteiger charge is 2.44. The molecular weight excluding hydrogens is 713 g/mol. The van der Waals surface area contributed by atoms with Gasteiger partial charge in [-0.15, -0.1) is 0 Å². The lowest BCUT2D eigenvalue weighted by Crippen LogP contribution is -2.61. The van der Waals surface area contributed by atoms with Gasteiger partial charge in [0.15, 0.2) is 0 Å². The zero-order valence-corrected chi connectivity index (χ0v) is 34.7. The lowest BCUT2D eigenvalue weighted by atomic mass is 9.33. The second-order valence-electron chi connectivity index (χ2n) is 18.1. The van der Waals surface area contributed by atoms with E-state index in [2.05, 4.69) is 221 Å². The topological polar surface area (TPSA) is 19.4 Å². The molecule has 286 valence electrons. The fourth-order valence-corrected chi connectivity index (χ4v) is 9.07. The highest BCUT2D eigenvalue weighted by atomic mass is 15.2. The monoisotopic (exact) mass is 761 g/mol. The summed E-state index contributed by atoms with van der Waals surface area (Å²) in [4.78, 5) is 9.97. The van der Waals surface area contributed by atoms with Gasteiger partial charge in [-0.25, -0.2) is 0 Å². The van der Waals surface area contributed by atoms with Crippen molar-refractivity contribution in [2.24, 2.45) is 0 Å². The Morgan fingerprint density at radius 1 is 0.390 bits per heavy atom. The van der Waals surface area contributed by atoms with Crippen LogP contribution in [0.2, 0.25) is 0 Å². The Balaban J connectivity index is 1.30. The zero-order chi connectivity index (χ0) is 40.5. The predicted molar refractivity (Wildman–Crippen MR) is 252 cm³/mol. The lowest BCUT2D eigenvalue weighted by molar-refractivity contribution is 0.590. The summed E-state index contributed by atoms with van der Waals surface area (Å²) in [7, 11) is 0. The van der Waals surface area contributed by atoms with E-state index in [1.165, 1.54) is 72.5 Å². The number of nitrogens with zero attached hydrogens (tertiary/aromatic N) is 3. The Bertz CT molecular complexity index is 2640. The largest absolute Gasteiger partial charge is 0.311 e. The molecule has 0 aliphatic carbocycles. The molecule has 59 heavy (non-hydrogen) atoms. The van der Waals surface area contributed by atoms with Gasteiger partial charge in [0.2, 0.25) is 0 Å². The minimum absolute atomic E-state index is 0.00683. The molecule has 0 amide bonds. The molecule has 10 rings (SSSR count). The number of rotatable bonds is 5. The van der Waals surface area contributed by atoms with Crippen LogP contribution in [0.25, 0.3) is 33.5 Å². The van der Waals surface area contributed by atoms with Gasteiger partial charge < -0.3 is 9.80 Å². The van der Waals surface area contributed by atoms with Crippen LogP contribution < -0.4 is 26.2 Å². The molecule has 4 heteroatoms. The van der Waals surface area contributed by atoms with Crippen LogP contribution in [0, 0.1) is 0 Å². The van der Waals surface area contributed by atoms with Crippen LogP contribution in [0.15, 0.2) is 182 Å². The molecule has 0 atom stereocenters. The maximum atomic E-state index is 4.94. The van der Waals surface area contributed by atoms with E-state index in [4.69, 9.17) is 4.98 Å². The molecule has 0 spiro atoms. The highest BCUT2D eigenvalue weighted by Crippen LogP contribution is 2.47. The highest BCUT2D eigenvalue weighted by molar-refractivity contribution is 7.00. The number of hydrogen-bond donors (Lipinski definition) is 0. The summed E-state index contributed by atoms with van der Waals surface area (Å²) in [6, 6.07) is 65.2. The summed E-state index contributed by atoms with van der Waals surface area (Å²) in [5.74, 6) is 0. The summed E-state index contributed by atoms with van der Waals surface area (Å²) in [5.41, 5.74) is 20.4. The third-order valence-corrected chi connectivity index (χ3v) is 12.2. The standard InChI is InChI=1S/C55H48BN3/c1-54(2,3)42-22-26-44(27-23-42)58-49-33-39(37-15-9-7-10-16-37)20-30-46(49)56-47-31-21-40(38-17-11-8-12-18-38)34-50(47)59(45-28-24-43(25-29-45)55(4,5)6)52-36-41(35-51(58)53(52)56)48-19-13-14-32-57-48/h7-36H,1-6H3. The molecule has 0 fully saturated rings. The smallest absolute Gasteiger partial charge is 0.252 e. The van der Waals surface area contributed by atoms with E-state index in [9.17, 15) is 0 Å². The summed E-state index contributed by atoms with van der Waals surface area (Å²) in [6.45, 7) is 13.7. The summed E-state index contributed by atoms with van der Waals surface area (Å²) in [6.07, 6.45) is 1.90. The van der Waals surface area contributed by atoms with Crippen molar-refractivity contribution in [1.29, 1.82) is 0 Å². The number of benzene rings is 7. The molecule has 3 heterocycles. The fourth-order valence-electron chi connectivity index (χ4n) is 9.07. The van der Waals surface area contributed by atoms with Crippen molar-refractivity contribution < 1.29 is 0 Å². The predicted octanol–water partition coefficient (Wildman–Crippen LogP) is 12.8. The van der Waals surface area contributed by atoms with Crippen molar-refractivity contribution in [1.82, 2.24) is 4.98 Å². The molecule has 3 nitrogen and oxygen atoms in total. The number of aromatic nitrogens is 1. The van der Waals surface area contributed by atoms with Gasteiger partial charge in [0, 0.05) is 45.9 Å². The van der Waals surface area contributed by atoms with Crippen molar-refractivity contribution in [3.63, 3.8) is 0 Å². The number of pyridine rings is 1. The normalized spacial score (nSPS) is 13.2. The van der Waals surface area contributed by atoms with Gasteiger partial charge in [-0.2, -0.15) is 0 Å². The molecule has 0 saturated carbocycles. The quantitative estimate of drug-likeness (QED) is 0.163. The lowest BCUT2D eigenvalue weighted by Gasteiger charge is -2.44.